The smallest absolute Gasteiger partial charge is 0.111 e. The maximum atomic E-state index is 6.17. The average Bonchev–Trinajstić information content (AvgIpc) is 2.79. The Balaban J connectivity index is 2.25. The maximum Gasteiger partial charge on any atom is 0.111 e. The van der Waals surface area contributed by atoms with E-state index in [1.54, 1.807) is 0 Å². The van der Waals surface area contributed by atoms with Gasteiger partial charge in [0, 0.05) is 11.6 Å². The van der Waals surface area contributed by atoms with Gasteiger partial charge in [-0.15, -0.1) is 0 Å². The van der Waals surface area contributed by atoms with Crippen LogP contribution in [0.3, 0.4) is 0 Å². The quantitative estimate of drug-likeness (QED) is 0.673. The standard InChI is InChI=1S/C13H9ClN2/c14-12-7-10(9-4-2-1-3-5-9)6-11-8-15-16-13(11)12/h1-8H,(H,15,16). The molecule has 0 aliphatic carbocycles. The Hall–Kier alpha value is -1.80. The van der Waals surface area contributed by atoms with Crippen molar-refractivity contribution in [2.75, 3.05) is 0 Å². The van der Waals surface area contributed by atoms with Crippen molar-refractivity contribution in [1.29, 1.82) is 0 Å². The third-order valence-electron chi connectivity index (χ3n) is 2.60. The van der Waals surface area contributed by atoms with Gasteiger partial charge in [0.2, 0.25) is 0 Å². The van der Waals surface area contributed by atoms with Gasteiger partial charge in [-0.1, -0.05) is 41.9 Å². The average molecular weight is 229 g/mol. The van der Waals surface area contributed by atoms with Crippen molar-refractivity contribution in [3.8, 4) is 11.1 Å². The lowest BCUT2D eigenvalue weighted by molar-refractivity contribution is 1.12. The Morgan fingerprint density at radius 2 is 1.81 bits per heavy atom. The summed E-state index contributed by atoms with van der Waals surface area (Å²) in [6, 6.07) is 14.2. The highest BCUT2D eigenvalue weighted by Crippen LogP contribution is 2.29. The molecule has 0 fully saturated rings. The van der Waals surface area contributed by atoms with Gasteiger partial charge in [0.1, 0.15) is 5.52 Å². The first-order valence-corrected chi connectivity index (χ1v) is 5.41. The summed E-state index contributed by atoms with van der Waals surface area (Å²) in [5.74, 6) is 0. The van der Waals surface area contributed by atoms with Gasteiger partial charge in [0.25, 0.3) is 0 Å². The minimum Gasteiger partial charge on any atom is -0.284 e. The lowest BCUT2D eigenvalue weighted by atomic mass is 10.0. The monoisotopic (exact) mass is 228 g/mol. The van der Waals surface area contributed by atoms with Crippen LogP contribution in [0.1, 0.15) is 0 Å². The van der Waals surface area contributed by atoms with Gasteiger partial charge in [-0.25, -0.2) is 0 Å². The van der Waals surface area contributed by atoms with E-state index in [-0.39, 0.29) is 0 Å². The SMILES string of the molecule is Clc1cc(-c2ccccc2)cc2c[nH]nc12. The van der Waals surface area contributed by atoms with E-state index < -0.39 is 0 Å². The predicted molar refractivity (Wildman–Crippen MR) is 66.5 cm³/mol. The fraction of sp³-hybridized carbons (Fsp3) is 0. The number of hydrogen-bond acceptors (Lipinski definition) is 1. The zero-order valence-corrected chi connectivity index (χ0v) is 9.20. The fourth-order valence-electron chi connectivity index (χ4n) is 1.81. The summed E-state index contributed by atoms with van der Waals surface area (Å²) < 4.78 is 0. The number of halogens is 1. The van der Waals surface area contributed by atoms with Crippen molar-refractivity contribution in [2.45, 2.75) is 0 Å². The van der Waals surface area contributed by atoms with Crippen LogP contribution in [0.4, 0.5) is 0 Å². The third-order valence-corrected chi connectivity index (χ3v) is 2.88. The molecule has 0 unspecified atom stereocenters. The molecule has 3 rings (SSSR count). The van der Waals surface area contributed by atoms with Crippen LogP contribution in [-0.4, -0.2) is 10.2 Å². The summed E-state index contributed by atoms with van der Waals surface area (Å²) in [6.07, 6.45) is 1.85. The van der Waals surface area contributed by atoms with Crippen LogP contribution in [0, 0.1) is 0 Å². The van der Waals surface area contributed by atoms with Crippen LogP contribution < -0.4 is 0 Å². The minimum atomic E-state index is 0.678. The molecule has 2 nitrogen and oxygen atoms in total. The number of hydrogen-bond donors (Lipinski definition) is 1. The number of aromatic amines is 1. The van der Waals surface area contributed by atoms with E-state index in [0.29, 0.717) is 5.02 Å². The summed E-state index contributed by atoms with van der Waals surface area (Å²) >= 11 is 6.17. The van der Waals surface area contributed by atoms with E-state index in [1.807, 2.05) is 30.5 Å². The lowest BCUT2D eigenvalue weighted by Crippen LogP contribution is -1.78. The Kier molecular flexibility index (Phi) is 2.15. The van der Waals surface area contributed by atoms with Gasteiger partial charge < -0.3 is 0 Å². The number of H-pyrrole nitrogens is 1. The van der Waals surface area contributed by atoms with Crippen LogP contribution in [0.25, 0.3) is 22.0 Å². The van der Waals surface area contributed by atoms with Crippen LogP contribution in [0.5, 0.6) is 0 Å². The van der Waals surface area contributed by atoms with Crippen molar-refractivity contribution in [2.24, 2.45) is 0 Å². The first kappa shape index (κ1) is 9.43. The van der Waals surface area contributed by atoms with Crippen LogP contribution in [-0.2, 0) is 0 Å². The second-order valence-electron chi connectivity index (χ2n) is 3.65. The summed E-state index contributed by atoms with van der Waals surface area (Å²) in [7, 11) is 0. The molecule has 0 radical (unpaired) electrons. The summed E-state index contributed by atoms with van der Waals surface area (Å²) in [4.78, 5) is 0. The lowest BCUT2D eigenvalue weighted by Gasteiger charge is -2.02. The molecule has 0 saturated carbocycles. The largest absolute Gasteiger partial charge is 0.284 e. The zero-order valence-electron chi connectivity index (χ0n) is 8.44. The van der Waals surface area contributed by atoms with Gasteiger partial charge >= 0.3 is 0 Å². The number of aromatic nitrogens is 2. The molecule has 16 heavy (non-hydrogen) atoms. The van der Waals surface area contributed by atoms with E-state index in [9.17, 15) is 0 Å². The third kappa shape index (κ3) is 1.48. The Morgan fingerprint density at radius 3 is 2.62 bits per heavy atom. The Labute approximate surface area is 97.9 Å². The van der Waals surface area contributed by atoms with Crippen molar-refractivity contribution in [3.05, 3.63) is 53.7 Å². The molecule has 1 N–H and O–H groups in total. The van der Waals surface area contributed by atoms with Gasteiger partial charge in [0.05, 0.1) is 5.02 Å². The topological polar surface area (TPSA) is 28.7 Å². The highest BCUT2D eigenvalue weighted by molar-refractivity contribution is 6.35. The number of nitrogens with one attached hydrogen (secondary N) is 1. The molecule has 3 heteroatoms. The molecule has 1 aromatic heterocycles. The van der Waals surface area contributed by atoms with Crippen LogP contribution >= 0.6 is 11.6 Å². The molecular formula is C13H9ClN2. The molecule has 0 atom stereocenters. The van der Waals surface area contributed by atoms with Gasteiger partial charge in [-0.05, 0) is 23.3 Å². The van der Waals surface area contributed by atoms with Crippen molar-refractivity contribution < 1.29 is 0 Å². The first-order chi connectivity index (χ1) is 7.84. The molecule has 0 amide bonds. The van der Waals surface area contributed by atoms with Crippen molar-refractivity contribution >= 4 is 22.5 Å². The molecular weight excluding hydrogens is 220 g/mol. The molecule has 1 heterocycles. The van der Waals surface area contributed by atoms with Gasteiger partial charge in [-0.2, -0.15) is 5.10 Å². The van der Waals surface area contributed by atoms with E-state index in [4.69, 9.17) is 11.6 Å². The van der Waals surface area contributed by atoms with Crippen LogP contribution in [0.2, 0.25) is 5.02 Å². The Bertz CT molecular complexity index is 629. The molecule has 3 aromatic rings. The van der Waals surface area contributed by atoms with E-state index in [1.165, 1.54) is 0 Å². The fourth-order valence-corrected chi connectivity index (χ4v) is 2.08. The van der Waals surface area contributed by atoms with Gasteiger partial charge in [-0.3, -0.25) is 5.10 Å². The molecule has 0 saturated heterocycles. The van der Waals surface area contributed by atoms with Gasteiger partial charge in [0.15, 0.2) is 0 Å². The van der Waals surface area contributed by atoms with Crippen molar-refractivity contribution in [3.63, 3.8) is 0 Å². The molecule has 0 bridgehead atoms. The minimum absolute atomic E-state index is 0.678. The number of benzene rings is 2. The molecule has 0 aliphatic heterocycles. The predicted octanol–water partition coefficient (Wildman–Crippen LogP) is 3.88. The second-order valence-corrected chi connectivity index (χ2v) is 4.05. The molecule has 0 aliphatic rings. The van der Waals surface area contributed by atoms with Crippen molar-refractivity contribution in [1.82, 2.24) is 10.2 Å². The molecule has 0 spiro atoms. The van der Waals surface area contributed by atoms with Crippen LogP contribution in [0.15, 0.2) is 48.7 Å². The summed E-state index contributed by atoms with van der Waals surface area (Å²) in [6.45, 7) is 0. The van der Waals surface area contributed by atoms with E-state index in [2.05, 4.69) is 28.4 Å². The second kappa shape index (κ2) is 3.65. The first-order valence-electron chi connectivity index (χ1n) is 5.03. The number of fused-ring (bicyclic) bond motifs is 1. The number of nitrogens with zero attached hydrogens (tertiary/aromatic N) is 1. The molecule has 78 valence electrons. The zero-order chi connectivity index (χ0) is 11.0. The molecule has 2 aromatic carbocycles. The highest BCUT2D eigenvalue weighted by Gasteiger charge is 2.05. The number of rotatable bonds is 1. The summed E-state index contributed by atoms with van der Waals surface area (Å²) in [5.41, 5.74) is 3.09. The van der Waals surface area contributed by atoms with E-state index >= 15 is 0 Å². The van der Waals surface area contributed by atoms with E-state index in [0.717, 1.165) is 22.0 Å². The normalized spacial score (nSPS) is 10.8. The maximum absolute atomic E-state index is 6.17. The highest BCUT2D eigenvalue weighted by atomic mass is 35.5. The summed E-state index contributed by atoms with van der Waals surface area (Å²) in [5, 5.41) is 8.63. The Morgan fingerprint density at radius 1 is 1.00 bits per heavy atom.